The van der Waals surface area contributed by atoms with Crippen LogP contribution in [0.5, 0.6) is 0 Å². The third kappa shape index (κ3) is 3.48. The van der Waals surface area contributed by atoms with Gasteiger partial charge in [0.05, 0.1) is 5.41 Å². The Morgan fingerprint density at radius 1 is 1.56 bits per heavy atom. The Morgan fingerprint density at radius 2 is 2.17 bits per heavy atom. The summed E-state index contributed by atoms with van der Waals surface area (Å²) in [5.41, 5.74) is -0.904. The summed E-state index contributed by atoms with van der Waals surface area (Å²) in [4.78, 5) is 24.8. The highest BCUT2D eigenvalue weighted by atomic mass is 16.4. The van der Waals surface area contributed by atoms with Crippen LogP contribution < -0.4 is 5.32 Å². The van der Waals surface area contributed by atoms with Gasteiger partial charge in [-0.3, -0.25) is 4.79 Å². The second kappa shape index (κ2) is 5.89. The molecule has 0 aromatic rings. The summed E-state index contributed by atoms with van der Waals surface area (Å²) >= 11 is 0. The lowest BCUT2D eigenvalue weighted by atomic mass is 9.88. The number of urea groups is 1. The van der Waals surface area contributed by atoms with Crippen molar-refractivity contribution in [2.24, 2.45) is 5.41 Å². The van der Waals surface area contributed by atoms with Crippen molar-refractivity contribution in [3.8, 4) is 0 Å². The molecular weight excluding hydrogens is 232 g/mol. The molecule has 0 bridgehead atoms. The lowest BCUT2D eigenvalue weighted by Gasteiger charge is -2.26. The standard InChI is InChI=1S/C13H22N2O3/c1-4-8-15(10-6-7-10)12(18)14-9-13(3,5-2)11(16)17/h4,10H,1,5-9H2,2-3H3,(H,14,18)(H,16,17). The van der Waals surface area contributed by atoms with E-state index in [4.69, 9.17) is 5.11 Å². The number of carboxylic acid groups (broad SMARTS) is 1. The first-order chi connectivity index (χ1) is 8.44. The number of nitrogens with one attached hydrogen (secondary N) is 1. The highest BCUT2D eigenvalue weighted by Gasteiger charge is 2.35. The zero-order valence-electron chi connectivity index (χ0n) is 11.1. The molecule has 1 unspecified atom stereocenters. The Labute approximate surface area is 108 Å². The third-order valence-corrected chi connectivity index (χ3v) is 3.50. The molecule has 2 N–H and O–H groups in total. The highest BCUT2D eigenvalue weighted by molar-refractivity contribution is 5.78. The average molecular weight is 254 g/mol. The van der Waals surface area contributed by atoms with Gasteiger partial charge >= 0.3 is 12.0 Å². The number of carbonyl (C=O) groups is 2. The maximum atomic E-state index is 12.0. The maximum Gasteiger partial charge on any atom is 0.317 e. The third-order valence-electron chi connectivity index (χ3n) is 3.50. The van der Waals surface area contributed by atoms with Gasteiger partial charge in [0, 0.05) is 19.1 Å². The van der Waals surface area contributed by atoms with E-state index in [1.165, 1.54) is 0 Å². The van der Waals surface area contributed by atoms with Gasteiger partial charge in [-0.25, -0.2) is 4.79 Å². The molecule has 0 heterocycles. The van der Waals surface area contributed by atoms with Crippen molar-refractivity contribution in [1.82, 2.24) is 10.2 Å². The fraction of sp³-hybridized carbons (Fsp3) is 0.692. The van der Waals surface area contributed by atoms with Crippen molar-refractivity contribution < 1.29 is 14.7 Å². The van der Waals surface area contributed by atoms with Gasteiger partial charge in [0.25, 0.3) is 0 Å². The van der Waals surface area contributed by atoms with Gasteiger partial charge in [0.15, 0.2) is 0 Å². The minimum absolute atomic E-state index is 0.151. The molecule has 1 aliphatic carbocycles. The number of carbonyl (C=O) groups excluding carboxylic acids is 1. The quantitative estimate of drug-likeness (QED) is 0.681. The Kier molecular flexibility index (Phi) is 4.76. The summed E-state index contributed by atoms with van der Waals surface area (Å²) in [5, 5.41) is 11.8. The Bertz CT molecular complexity index is 339. The van der Waals surface area contributed by atoms with E-state index in [2.05, 4.69) is 11.9 Å². The van der Waals surface area contributed by atoms with E-state index in [9.17, 15) is 9.59 Å². The van der Waals surface area contributed by atoms with Crippen molar-refractivity contribution in [3.05, 3.63) is 12.7 Å². The molecule has 1 fully saturated rings. The van der Waals surface area contributed by atoms with E-state index < -0.39 is 11.4 Å². The molecule has 5 nitrogen and oxygen atoms in total. The van der Waals surface area contributed by atoms with Crippen LogP contribution in [0, 0.1) is 5.41 Å². The van der Waals surface area contributed by atoms with E-state index in [1.54, 1.807) is 17.9 Å². The molecule has 1 rings (SSSR count). The van der Waals surface area contributed by atoms with Gasteiger partial charge in [-0.05, 0) is 26.2 Å². The zero-order chi connectivity index (χ0) is 13.8. The largest absolute Gasteiger partial charge is 0.481 e. The molecular formula is C13H22N2O3. The van der Waals surface area contributed by atoms with Crippen LogP contribution in [0.1, 0.15) is 33.1 Å². The topological polar surface area (TPSA) is 69.6 Å². The summed E-state index contributed by atoms with van der Waals surface area (Å²) in [7, 11) is 0. The molecule has 102 valence electrons. The molecule has 0 radical (unpaired) electrons. The van der Waals surface area contributed by atoms with Crippen LogP contribution >= 0.6 is 0 Å². The first-order valence-corrected chi connectivity index (χ1v) is 6.33. The normalized spacial score (nSPS) is 17.7. The van der Waals surface area contributed by atoms with Crippen LogP contribution in [0.25, 0.3) is 0 Å². The Balaban J connectivity index is 2.52. The van der Waals surface area contributed by atoms with Gasteiger partial charge in [0.1, 0.15) is 0 Å². The summed E-state index contributed by atoms with van der Waals surface area (Å²) < 4.78 is 0. The molecule has 1 aliphatic rings. The van der Waals surface area contributed by atoms with Crippen molar-refractivity contribution in [1.29, 1.82) is 0 Å². The highest BCUT2D eigenvalue weighted by Crippen LogP contribution is 2.27. The van der Waals surface area contributed by atoms with E-state index in [0.29, 0.717) is 19.0 Å². The first-order valence-electron chi connectivity index (χ1n) is 6.33. The van der Waals surface area contributed by atoms with E-state index >= 15 is 0 Å². The number of carboxylic acids is 1. The lowest BCUT2D eigenvalue weighted by Crippen LogP contribution is -2.47. The molecule has 5 heteroatoms. The molecule has 0 saturated heterocycles. The Hall–Kier alpha value is -1.52. The number of amides is 2. The smallest absolute Gasteiger partial charge is 0.317 e. The monoisotopic (exact) mass is 254 g/mol. The number of aliphatic carboxylic acids is 1. The summed E-state index contributed by atoms with van der Waals surface area (Å²) in [6.45, 7) is 7.74. The summed E-state index contributed by atoms with van der Waals surface area (Å²) in [6.07, 6.45) is 4.21. The minimum Gasteiger partial charge on any atom is -0.481 e. The van der Waals surface area contributed by atoms with Crippen molar-refractivity contribution in [2.45, 2.75) is 39.2 Å². The van der Waals surface area contributed by atoms with Crippen LogP contribution in [-0.4, -0.2) is 41.1 Å². The lowest BCUT2D eigenvalue weighted by molar-refractivity contribution is -0.147. The fourth-order valence-electron chi connectivity index (χ4n) is 1.65. The number of rotatable bonds is 7. The van der Waals surface area contributed by atoms with E-state index in [1.807, 2.05) is 6.92 Å². The van der Waals surface area contributed by atoms with Crippen molar-refractivity contribution in [2.75, 3.05) is 13.1 Å². The van der Waals surface area contributed by atoms with Gasteiger partial charge in [-0.1, -0.05) is 13.0 Å². The van der Waals surface area contributed by atoms with Crippen molar-refractivity contribution in [3.63, 3.8) is 0 Å². The van der Waals surface area contributed by atoms with E-state index in [-0.39, 0.29) is 12.6 Å². The summed E-state index contributed by atoms with van der Waals surface area (Å²) in [6, 6.07) is 0.0963. The van der Waals surface area contributed by atoms with E-state index in [0.717, 1.165) is 12.8 Å². The maximum absolute atomic E-state index is 12.0. The van der Waals surface area contributed by atoms with Crippen LogP contribution in [-0.2, 0) is 4.79 Å². The molecule has 0 spiro atoms. The van der Waals surface area contributed by atoms with Crippen LogP contribution in [0.3, 0.4) is 0 Å². The molecule has 1 atom stereocenters. The second-order valence-corrected chi connectivity index (χ2v) is 5.05. The molecule has 0 aromatic carbocycles. The van der Waals surface area contributed by atoms with Gasteiger partial charge in [-0.15, -0.1) is 6.58 Å². The molecule has 18 heavy (non-hydrogen) atoms. The van der Waals surface area contributed by atoms with Crippen LogP contribution in [0.2, 0.25) is 0 Å². The molecule has 1 saturated carbocycles. The second-order valence-electron chi connectivity index (χ2n) is 5.05. The minimum atomic E-state index is -0.904. The molecule has 0 aromatic heterocycles. The fourth-order valence-corrected chi connectivity index (χ4v) is 1.65. The summed E-state index contributed by atoms with van der Waals surface area (Å²) in [5.74, 6) is -0.882. The van der Waals surface area contributed by atoms with Crippen molar-refractivity contribution >= 4 is 12.0 Å². The van der Waals surface area contributed by atoms with Gasteiger partial charge in [-0.2, -0.15) is 0 Å². The number of hydrogen-bond donors (Lipinski definition) is 2. The molecule has 0 aliphatic heterocycles. The first kappa shape index (κ1) is 14.5. The molecule has 2 amide bonds. The van der Waals surface area contributed by atoms with Crippen LogP contribution in [0.15, 0.2) is 12.7 Å². The predicted octanol–water partition coefficient (Wildman–Crippen LogP) is 1.85. The predicted molar refractivity (Wildman–Crippen MR) is 69.4 cm³/mol. The van der Waals surface area contributed by atoms with Crippen LogP contribution in [0.4, 0.5) is 4.79 Å². The average Bonchev–Trinajstić information content (AvgIpc) is 3.16. The SMILES string of the molecule is C=CCN(C(=O)NCC(C)(CC)C(=O)O)C1CC1. The zero-order valence-corrected chi connectivity index (χ0v) is 11.1. The van der Waals surface area contributed by atoms with Gasteiger partial charge in [0.2, 0.25) is 0 Å². The number of nitrogens with zero attached hydrogens (tertiary/aromatic N) is 1. The van der Waals surface area contributed by atoms with Gasteiger partial charge < -0.3 is 15.3 Å². The number of hydrogen-bond acceptors (Lipinski definition) is 2. The Morgan fingerprint density at radius 3 is 2.56 bits per heavy atom.